The van der Waals surface area contributed by atoms with E-state index >= 15 is 0 Å². The van der Waals surface area contributed by atoms with E-state index < -0.39 is 0 Å². The Balaban J connectivity index is 2.85. The first-order valence-corrected chi connectivity index (χ1v) is 5.05. The Kier molecular flexibility index (Phi) is 4.17. The van der Waals surface area contributed by atoms with Gasteiger partial charge in [-0.2, -0.15) is 0 Å². The van der Waals surface area contributed by atoms with Crippen molar-refractivity contribution in [3.63, 3.8) is 0 Å². The van der Waals surface area contributed by atoms with Gasteiger partial charge in [-0.3, -0.25) is 4.79 Å². The molecule has 1 amide bonds. The van der Waals surface area contributed by atoms with Crippen LogP contribution in [0.5, 0.6) is 0 Å². The fraction of sp³-hybridized carbons (Fsp3) is 0.417. The maximum absolute atomic E-state index is 10.7. The highest BCUT2D eigenvalue weighted by atomic mass is 16.1. The second-order valence-electron chi connectivity index (χ2n) is 3.45. The van der Waals surface area contributed by atoms with Crippen LogP contribution in [0.2, 0.25) is 0 Å². The minimum Gasteiger partial charge on any atom is -0.318 e. The van der Waals surface area contributed by atoms with Gasteiger partial charge in [0.1, 0.15) is 0 Å². The van der Waals surface area contributed by atoms with Gasteiger partial charge in [-0.15, -0.1) is 0 Å². The SMILES string of the molecule is CCCCc1ccccc1N(C)C=O. The van der Waals surface area contributed by atoms with Gasteiger partial charge in [0, 0.05) is 12.7 Å². The summed E-state index contributed by atoms with van der Waals surface area (Å²) in [4.78, 5) is 12.3. The molecule has 0 aliphatic rings. The molecule has 0 saturated carbocycles. The van der Waals surface area contributed by atoms with Crippen molar-refractivity contribution in [3.05, 3.63) is 29.8 Å². The molecule has 14 heavy (non-hydrogen) atoms. The van der Waals surface area contributed by atoms with Gasteiger partial charge in [0.05, 0.1) is 0 Å². The molecule has 2 heteroatoms. The quantitative estimate of drug-likeness (QED) is 0.655. The number of para-hydroxylation sites is 1. The fourth-order valence-corrected chi connectivity index (χ4v) is 1.49. The largest absolute Gasteiger partial charge is 0.318 e. The van der Waals surface area contributed by atoms with Gasteiger partial charge in [0.25, 0.3) is 0 Å². The van der Waals surface area contributed by atoms with E-state index in [1.165, 1.54) is 18.4 Å². The van der Waals surface area contributed by atoms with Gasteiger partial charge in [-0.25, -0.2) is 0 Å². The summed E-state index contributed by atoms with van der Waals surface area (Å²) in [5.74, 6) is 0. The number of unbranched alkanes of at least 4 members (excludes halogenated alkanes) is 1. The van der Waals surface area contributed by atoms with Crippen molar-refractivity contribution >= 4 is 12.1 Å². The normalized spacial score (nSPS) is 9.86. The van der Waals surface area contributed by atoms with Crippen molar-refractivity contribution in [3.8, 4) is 0 Å². The highest BCUT2D eigenvalue weighted by molar-refractivity contribution is 5.76. The summed E-state index contributed by atoms with van der Waals surface area (Å²) in [6, 6.07) is 8.06. The zero-order chi connectivity index (χ0) is 10.4. The van der Waals surface area contributed by atoms with Crippen molar-refractivity contribution in [1.29, 1.82) is 0 Å². The number of rotatable bonds is 5. The third kappa shape index (κ3) is 2.59. The molecule has 0 radical (unpaired) electrons. The van der Waals surface area contributed by atoms with Gasteiger partial charge < -0.3 is 4.90 Å². The molecule has 0 aliphatic carbocycles. The average Bonchev–Trinajstić information content (AvgIpc) is 2.25. The second kappa shape index (κ2) is 5.43. The monoisotopic (exact) mass is 191 g/mol. The lowest BCUT2D eigenvalue weighted by molar-refractivity contribution is -0.107. The van der Waals surface area contributed by atoms with Crippen LogP contribution in [0.3, 0.4) is 0 Å². The number of amides is 1. The number of hydrogen-bond acceptors (Lipinski definition) is 1. The first-order valence-electron chi connectivity index (χ1n) is 5.05. The first-order chi connectivity index (χ1) is 6.79. The Morgan fingerprint density at radius 2 is 2.07 bits per heavy atom. The van der Waals surface area contributed by atoms with Crippen molar-refractivity contribution < 1.29 is 4.79 Å². The smallest absolute Gasteiger partial charge is 0.213 e. The minimum absolute atomic E-state index is 0.852. The van der Waals surface area contributed by atoms with Crippen molar-refractivity contribution in [2.24, 2.45) is 0 Å². The maximum atomic E-state index is 10.7. The number of hydrogen-bond donors (Lipinski definition) is 0. The zero-order valence-corrected chi connectivity index (χ0v) is 8.86. The summed E-state index contributed by atoms with van der Waals surface area (Å²) in [6.07, 6.45) is 4.25. The summed E-state index contributed by atoms with van der Waals surface area (Å²) in [6.45, 7) is 2.17. The molecule has 0 saturated heterocycles. The molecule has 76 valence electrons. The highest BCUT2D eigenvalue weighted by Crippen LogP contribution is 2.19. The van der Waals surface area contributed by atoms with Crippen LogP contribution in [0, 0.1) is 0 Å². The third-order valence-corrected chi connectivity index (χ3v) is 2.33. The van der Waals surface area contributed by atoms with Crippen LogP contribution in [-0.4, -0.2) is 13.5 Å². The Bertz CT molecular complexity index is 296. The summed E-state index contributed by atoms with van der Waals surface area (Å²) in [7, 11) is 1.79. The summed E-state index contributed by atoms with van der Waals surface area (Å²) in [5.41, 5.74) is 2.28. The van der Waals surface area contributed by atoms with Crippen molar-refractivity contribution in [1.82, 2.24) is 0 Å². The van der Waals surface area contributed by atoms with E-state index in [1.54, 1.807) is 11.9 Å². The topological polar surface area (TPSA) is 20.3 Å². The third-order valence-electron chi connectivity index (χ3n) is 2.33. The molecule has 0 unspecified atom stereocenters. The standard InChI is InChI=1S/C12H17NO/c1-3-4-7-11-8-5-6-9-12(11)13(2)10-14/h5-6,8-10H,3-4,7H2,1-2H3. The zero-order valence-electron chi connectivity index (χ0n) is 8.86. The molecule has 2 nitrogen and oxygen atoms in total. The molecule has 0 fully saturated rings. The highest BCUT2D eigenvalue weighted by Gasteiger charge is 2.04. The van der Waals surface area contributed by atoms with E-state index in [2.05, 4.69) is 13.0 Å². The molecule has 0 N–H and O–H groups in total. The van der Waals surface area contributed by atoms with E-state index in [0.717, 1.165) is 18.5 Å². The number of anilines is 1. The minimum atomic E-state index is 0.852. The molecule has 1 aromatic carbocycles. The molecule has 0 atom stereocenters. The van der Waals surface area contributed by atoms with Crippen LogP contribution in [0.25, 0.3) is 0 Å². The van der Waals surface area contributed by atoms with Crippen LogP contribution >= 0.6 is 0 Å². The van der Waals surface area contributed by atoms with E-state index in [9.17, 15) is 4.79 Å². The fourth-order valence-electron chi connectivity index (χ4n) is 1.49. The van der Waals surface area contributed by atoms with Crippen LogP contribution < -0.4 is 4.90 Å². The molecule has 0 aliphatic heterocycles. The second-order valence-corrected chi connectivity index (χ2v) is 3.45. The van der Waals surface area contributed by atoms with Gasteiger partial charge >= 0.3 is 0 Å². The van der Waals surface area contributed by atoms with Crippen molar-refractivity contribution in [2.75, 3.05) is 11.9 Å². The molecule has 0 aromatic heterocycles. The first kappa shape index (κ1) is 10.8. The van der Waals surface area contributed by atoms with E-state index in [4.69, 9.17) is 0 Å². The number of nitrogens with zero attached hydrogens (tertiary/aromatic N) is 1. The van der Waals surface area contributed by atoms with E-state index in [-0.39, 0.29) is 0 Å². The number of aryl methyl sites for hydroxylation is 1. The van der Waals surface area contributed by atoms with Crippen LogP contribution in [0.15, 0.2) is 24.3 Å². The lowest BCUT2D eigenvalue weighted by atomic mass is 10.1. The van der Waals surface area contributed by atoms with Gasteiger partial charge in [-0.1, -0.05) is 31.5 Å². The molecule has 0 heterocycles. The lowest BCUT2D eigenvalue weighted by Crippen LogP contribution is -2.15. The van der Waals surface area contributed by atoms with Crippen molar-refractivity contribution in [2.45, 2.75) is 26.2 Å². The van der Waals surface area contributed by atoms with Crippen LogP contribution in [0.1, 0.15) is 25.3 Å². The average molecular weight is 191 g/mol. The maximum Gasteiger partial charge on any atom is 0.213 e. The predicted molar refractivity (Wildman–Crippen MR) is 59.5 cm³/mol. The molecule has 0 spiro atoms. The number of carbonyl (C=O) groups is 1. The number of carbonyl (C=O) groups excluding carboxylic acids is 1. The summed E-state index contributed by atoms with van der Waals surface area (Å²) >= 11 is 0. The van der Waals surface area contributed by atoms with E-state index in [1.807, 2.05) is 18.2 Å². The predicted octanol–water partition coefficient (Wildman–Crippen LogP) is 2.62. The Labute approximate surface area is 85.5 Å². The van der Waals surface area contributed by atoms with Gasteiger partial charge in [0.15, 0.2) is 0 Å². The Morgan fingerprint density at radius 3 is 2.71 bits per heavy atom. The van der Waals surface area contributed by atoms with Gasteiger partial charge in [-0.05, 0) is 24.5 Å². The van der Waals surface area contributed by atoms with Crippen LogP contribution in [-0.2, 0) is 11.2 Å². The molecule has 1 rings (SSSR count). The number of benzene rings is 1. The molecular formula is C12H17NO. The van der Waals surface area contributed by atoms with Gasteiger partial charge in [0.2, 0.25) is 6.41 Å². The molecule has 1 aromatic rings. The summed E-state index contributed by atoms with van der Waals surface area (Å²) in [5, 5.41) is 0. The Morgan fingerprint density at radius 1 is 1.36 bits per heavy atom. The van der Waals surface area contributed by atoms with Crippen LogP contribution in [0.4, 0.5) is 5.69 Å². The molecule has 0 bridgehead atoms. The Hall–Kier alpha value is -1.31. The summed E-state index contributed by atoms with van der Waals surface area (Å²) < 4.78 is 0. The lowest BCUT2D eigenvalue weighted by Gasteiger charge is -2.15. The molecular weight excluding hydrogens is 174 g/mol. The van der Waals surface area contributed by atoms with E-state index in [0.29, 0.717) is 0 Å².